The van der Waals surface area contributed by atoms with Gasteiger partial charge in [0.15, 0.2) is 0 Å². The summed E-state index contributed by atoms with van der Waals surface area (Å²) in [6.07, 6.45) is 2.72. The molecule has 0 unspecified atom stereocenters. The molecule has 0 N–H and O–H groups in total. The number of aromatic nitrogens is 1. The normalized spacial score (nSPS) is 11.0. The van der Waals surface area contributed by atoms with Crippen LogP contribution in [0.2, 0.25) is 0 Å². The van der Waals surface area contributed by atoms with Crippen molar-refractivity contribution < 1.29 is 9.13 Å². The van der Waals surface area contributed by atoms with Gasteiger partial charge < -0.3 is 4.74 Å². The first-order chi connectivity index (χ1) is 9.97. The number of hydrogen-bond acceptors (Lipinski definition) is 2. The maximum atomic E-state index is 14.1. The largest absolute Gasteiger partial charge is 0.496 e. The van der Waals surface area contributed by atoms with E-state index < -0.39 is 0 Å². The predicted octanol–water partition coefficient (Wildman–Crippen LogP) is 4.89. The maximum absolute atomic E-state index is 14.1. The summed E-state index contributed by atoms with van der Waals surface area (Å²) in [4.78, 5) is 4.56. The number of ether oxygens (including phenoxy) is 1. The van der Waals surface area contributed by atoms with Gasteiger partial charge in [-0.25, -0.2) is 4.39 Å². The van der Waals surface area contributed by atoms with Crippen LogP contribution in [0.1, 0.15) is 43.4 Å². The third-order valence-electron chi connectivity index (χ3n) is 3.68. The molecule has 0 aliphatic heterocycles. The van der Waals surface area contributed by atoms with E-state index in [2.05, 4.69) is 18.0 Å². The van der Waals surface area contributed by atoms with E-state index in [0.29, 0.717) is 11.3 Å². The zero-order chi connectivity index (χ0) is 15.6. The van der Waals surface area contributed by atoms with Crippen LogP contribution in [0.15, 0.2) is 24.4 Å². The molecule has 1 aromatic carbocycles. The summed E-state index contributed by atoms with van der Waals surface area (Å²) >= 11 is 0. The van der Waals surface area contributed by atoms with Crippen molar-refractivity contribution in [1.29, 1.82) is 0 Å². The van der Waals surface area contributed by atoms with Crippen molar-refractivity contribution in [3.05, 3.63) is 46.9 Å². The second-order valence-electron chi connectivity index (χ2n) is 5.60. The number of nitrogens with zero attached hydrogens (tertiary/aromatic N) is 1. The molecule has 0 radical (unpaired) electrons. The van der Waals surface area contributed by atoms with Crippen molar-refractivity contribution in [2.24, 2.45) is 0 Å². The molecule has 21 heavy (non-hydrogen) atoms. The Balaban J connectivity index is 2.70. The Morgan fingerprint density at radius 2 is 1.95 bits per heavy atom. The summed E-state index contributed by atoms with van der Waals surface area (Å²) in [5.74, 6) is 0.420. The van der Waals surface area contributed by atoms with Crippen LogP contribution in [0, 0.1) is 12.7 Å². The molecule has 0 amide bonds. The Hall–Kier alpha value is -1.90. The van der Waals surface area contributed by atoms with Crippen LogP contribution in [-0.2, 0) is 6.42 Å². The number of aryl methyl sites for hydroxylation is 2. The van der Waals surface area contributed by atoms with Crippen molar-refractivity contribution in [1.82, 2.24) is 4.98 Å². The van der Waals surface area contributed by atoms with Gasteiger partial charge in [0.25, 0.3) is 0 Å². The molecule has 1 aromatic heterocycles. The van der Waals surface area contributed by atoms with Crippen molar-refractivity contribution >= 4 is 0 Å². The van der Waals surface area contributed by atoms with E-state index in [1.165, 1.54) is 6.07 Å². The fraction of sp³-hybridized carbons (Fsp3) is 0.389. The summed E-state index contributed by atoms with van der Waals surface area (Å²) in [5, 5.41) is 0. The molecule has 0 saturated heterocycles. The minimum Gasteiger partial charge on any atom is -0.496 e. The number of methoxy groups -OCH3 is 1. The van der Waals surface area contributed by atoms with Gasteiger partial charge in [-0.1, -0.05) is 26.8 Å². The highest BCUT2D eigenvalue weighted by Crippen LogP contribution is 2.35. The number of halogens is 1. The Kier molecular flexibility index (Phi) is 4.61. The van der Waals surface area contributed by atoms with Crippen LogP contribution < -0.4 is 4.74 Å². The van der Waals surface area contributed by atoms with Crippen molar-refractivity contribution in [2.45, 2.75) is 40.0 Å². The molecule has 0 aliphatic rings. The monoisotopic (exact) mass is 287 g/mol. The highest BCUT2D eigenvalue weighted by molar-refractivity contribution is 5.71. The van der Waals surface area contributed by atoms with Crippen molar-refractivity contribution in [3.8, 4) is 17.0 Å². The third-order valence-corrected chi connectivity index (χ3v) is 3.68. The van der Waals surface area contributed by atoms with Gasteiger partial charge in [0.2, 0.25) is 0 Å². The van der Waals surface area contributed by atoms with Gasteiger partial charge in [-0.3, -0.25) is 4.98 Å². The average molecular weight is 287 g/mol. The number of pyridine rings is 1. The summed E-state index contributed by atoms with van der Waals surface area (Å²) in [6.45, 7) is 8.09. The Morgan fingerprint density at radius 3 is 2.52 bits per heavy atom. The SMILES string of the molecule is CCc1cc(C)cnc1-c1cc(C(C)C)c(F)cc1OC. The molecule has 1 heterocycles. The smallest absolute Gasteiger partial charge is 0.131 e. The van der Waals surface area contributed by atoms with Crippen LogP contribution in [-0.4, -0.2) is 12.1 Å². The van der Waals surface area contributed by atoms with Crippen LogP contribution >= 0.6 is 0 Å². The quantitative estimate of drug-likeness (QED) is 0.798. The van der Waals surface area contributed by atoms with E-state index >= 15 is 0 Å². The highest BCUT2D eigenvalue weighted by atomic mass is 19.1. The lowest BCUT2D eigenvalue weighted by Crippen LogP contribution is -2.00. The molecule has 0 spiro atoms. The van der Waals surface area contributed by atoms with Crippen LogP contribution in [0.25, 0.3) is 11.3 Å². The Labute approximate surface area is 126 Å². The van der Waals surface area contributed by atoms with Gasteiger partial charge >= 0.3 is 0 Å². The van der Waals surface area contributed by atoms with Gasteiger partial charge in [0.05, 0.1) is 12.8 Å². The zero-order valence-electron chi connectivity index (χ0n) is 13.3. The Bertz CT molecular complexity index is 650. The van der Waals surface area contributed by atoms with E-state index in [4.69, 9.17) is 4.74 Å². The second kappa shape index (κ2) is 6.25. The molecule has 0 aliphatic carbocycles. The molecule has 0 atom stereocenters. The minimum absolute atomic E-state index is 0.116. The van der Waals surface area contributed by atoms with Crippen molar-refractivity contribution in [3.63, 3.8) is 0 Å². The summed E-state index contributed by atoms with van der Waals surface area (Å²) < 4.78 is 19.5. The van der Waals surface area contributed by atoms with Gasteiger partial charge in [0.1, 0.15) is 11.6 Å². The minimum atomic E-state index is -0.226. The lowest BCUT2D eigenvalue weighted by Gasteiger charge is -2.16. The number of rotatable bonds is 4. The lowest BCUT2D eigenvalue weighted by atomic mass is 9.95. The van der Waals surface area contributed by atoms with E-state index in [0.717, 1.165) is 28.8 Å². The van der Waals surface area contributed by atoms with Gasteiger partial charge in [0, 0.05) is 17.8 Å². The fourth-order valence-electron chi connectivity index (χ4n) is 2.51. The molecular weight excluding hydrogens is 265 g/mol. The summed E-state index contributed by atoms with van der Waals surface area (Å²) in [6, 6.07) is 5.46. The topological polar surface area (TPSA) is 22.1 Å². The maximum Gasteiger partial charge on any atom is 0.131 e. The predicted molar refractivity (Wildman–Crippen MR) is 84.4 cm³/mol. The molecule has 112 valence electrons. The number of benzene rings is 1. The van der Waals surface area contributed by atoms with Crippen LogP contribution in [0.5, 0.6) is 5.75 Å². The summed E-state index contributed by atoms with van der Waals surface area (Å²) in [5.41, 5.74) is 4.70. The van der Waals surface area contributed by atoms with E-state index in [1.54, 1.807) is 7.11 Å². The molecule has 2 rings (SSSR count). The van der Waals surface area contributed by atoms with Crippen molar-refractivity contribution in [2.75, 3.05) is 7.11 Å². The van der Waals surface area contributed by atoms with Crippen LogP contribution in [0.4, 0.5) is 4.39 Å². The fourth-order valence-corrected chi connectivity index (χ4v) is 2.51. The highest BCUT2D eigenvalue weighted by Gasteiger charge is 2.17. The molecule has 3 heteroatoms. The van der Waals surface area contributed by atoms with Gasteiger partial charge in [-0.2, -0.15) is 0 Å². The van der Waals surface area contributed by atoms with Crippen LogP contribution in [0.3, 0.4) is 0 Å². The average Bonchev–Trinajstić information content (AvgIpc) is 2.46. The molecule has 0 saturated carbocycles. The van der Waals surface area contributed by atoms with Gasteiger partial charge in [-0.05, 0) is 42.0 Å². The lowest BCUT2D eigenvalue weighted by molar-refractivity contribution is 0.412. The molecule has 0 fully saturated rings. The standard InChI is InChI=1S/C18H22FNO/c1-6-13-7-12(4)10-20-18(13)15-8-14(11(2)3)16(19)9-17(15)21-5/h7-11H,6H2,1-5H3. The second-order valence-corrected chi connectivity index (χ2v) is 5.60. The van der Waals surface area contributed by atoms with E-state index in [9.17, 15) is 4.39 Å². The first kappa shape index (κ1) is 15.5. The molecule has 2 aromatic rings. The molecule has 2 nitrogen and oxygen atoms in total. The number of hydrogen-bond donors (Lipinski definition) is 0. The first-order valence-electron chi connectivity index (χ1n) is 7.31. The zero-order valence-corrected chi connectivity index (χ0v) is 13.3. The summed E-state index contributed by atoms with van der Waals surface area (Å²) in [7, 11) is 1.56. The molecule has 0 bridgehead atoms. The van der Waals surface area contributed by atoms with E-state index in [-0.39, 0.29) is 11.7 Å². The Morgan fingerprint density at radius 1 is 1.24 bits per heavy atom. The molecular formula is C18H22FNO. The first-order valence-corrected chi connectivity index (χ1v) is 7.31. The van der Waals surface area contributed by atoms with E-state index in [1.807, 2.05) is 33.0 Å². The van der Waals surface area contributed by atoms with Gasteiger partial charge in [-0.15, -0.1) is 0 Å². The third kappa shape index (κ3) is 3.07.